The number of nitrogens with zero attached hydrogens (tertiary/aromatic N) is 1. The molecule has 0 heterocycles. The van der Waals surface area contributed by atoms with E-state index in [9.17, 15) is 10.1 Å². The summed E-state index contributed by atoms with van der Waals surface area (Å²) in [5, 5.41) is 14.4. The highest BCUT2D eigenvalue weighted by atomic mass is 32.2. The Morgan fingerprint density at radius 3 is 2.50 bits per heavy atom. The van der Waals surface area contributed by atoms with Gasteiger partial charge in [-0.2, -0.15) is 11.8 Å². The van der Waals surface area contributed by atoms with Crippen LogP contribution in [0.5, 0.6) is 0 Å². The molecule has 4 nitrogen and oxygen atoms in total. The summed E-state index contributed by atoms with van der Waals surface area (Å²) in [7, 11) is 0. The Bertz CT molecular complexity index is 425. The van der Waals surface area contributed by atoms with Gasteiger partial charge in [0.25, 0.3) is 5.69 Å². The number of nitrogens with one attached hydrogen (secondary N) is 1. The lowest BCUT2D eigenvalue weighted by Crippen LogP contribution is -2.37. The van der Waals surface area contributed by atoms with Crippen molar-refractivity contribution in [2.75, 3.05) is 19.3 Å². The van der Waals surface area contributed by atoms with Crippen LogP contribution in [0.1, 0.15) is 32.3 Å². The van der Waals surface area contributed by atoms with Crippen LogP contribution in [0.4, 0.5) is 5.69 Å². The monoisotopic (exact) mass is 296 g/mol. The van der Waals surface area contributed by atoms with E-state index in [4.69, 9.17) is 0 Å². The summed E-state index contributed by atoms with van der Waals surface area (Å²) in [5.74, 6) is 0. The van der Waals surface area contributed by atoms with Gasteiger partial charge in [-0.25, -0.2) is 0 Å². The minimum atomic E-state index is -0.306. The number of rotatable bonds is 9. The molecule has 0 fully saturated rings. The first-order valence-corrected chi connectivity index (χ1v) is 8.29. The van der Waals surface area contributed by atoms with Crippen LogP contribution in [0.25, 0.3) is 0 Å². The molecule has 1 aromatic carbocycles. The first kappa shape index (κ1) is 17.0. The zero-order chi connectivity index (χ0) is 15.0. The summed E-state index contributed by atoms with van der Waals surface area (Å²) in [6.45, 7) is 6.14. The number of thioether (sulfide) groups is 1. The summed E-state index contributed by atoms with van der Waals surface area (Å²) >= 11 is 1.90. The largest absolute Gasteiger partial charge is 0.315 e. The Morgan fingerprint density at radius 1 is 1.30 bits per heavy atom. The minimum Gasteiger partial charge on any atom is -0.315 e. The normalized spacial score (nSPS) is 11.6. The van der Waals surface area contributed by atoms with Gasteiger partial charge in [0.05, 0.1) is 4.92 Å². The fraction of sp³-hybridized carbons (Fsp3) is 0.600. The SMILES string of the molecule is CCC(CC)(CNCCc1ccccc1[N+](=O)[O-])SC. The summed E-state index contributed by atoms with van der Waals surface area (Å²) in [5.41, 5.74) is 1.02. The second-order valence-corrected chi connectivity index (χ2v) is 6.18. The zero-order valence-corrected chi connectivity index (χ0v) is 13.3. The Kier molecular flexibility index (Phi) is 7.02. The van der Waals surface area contributed by atoms with Crippen LogP contribution in [-0.4, -0.2) is 29.0 Å². The van der Waals surface area contributed by atoms with Crippen LogP contribution in [0.2, 0.25) is 0 Å². The highest BCUT2D eigenvalue weighted by Crippen LogP contribution is 2.29. The van der Waals surface area contributed by atoms with Gasteiger partial charge in [-0.15, -0.1) is 0 Å². The molecule has 1 rings (SSSR count). The van der Waals surface area contributed by atoms with Crippen molar-refractivity contribution in [3.05, 3.63) is 39.9 Å². The third-order valence-electron chi connectivity index (χ3n) is 3.93. The number of nitro benzene ring substituents is 1. The lowest BCUT2D eigenvalue weighted by Gasteiger charge is -2.30. The molecule has 20 heavy (non-hydrogen) atoms. The van der Waals surface area contributed by atoms with E-state index in [2.05, 4.69) is 25.4 Å². The third-order valence-corrected chi connectivity index (χ3v) is 5.52. The van der Waals surface area contributed by atoms with Crippen molar-refractivity contribution in [1.29, 1.82) is 0 Å². The van der Waals surface area contributed by atoms with E-state index in [1.807, 2.05) is 23.9 Å². The molecule has 0 aromatic heterocycles. The van der Waals surface area contributed by atoms with Gasteiger partial charge in [-0.05, 0) is 32.1 Å². The molecule has 0 aliphatic carbocycles. The quantitative estimate of drug-likeness (QED) is 0.429. The molecule has 0 aliphatic rings. The van der Waals surface area contributed by atoms with E-state index in [0.29, 0.717) is 6.42 Å². The van der Waals surface area contributed by atoms with Crippen LogP contribution in [0, 0.1) is 10.1 Å². The summed E-state index contributed by atoms with van der Waals surface area (Å²) in [6, 6.07) is 6.97. The number of benzene rings is 1. The van der Waals surface area contributed by atoms with Gasteiger partial charge < -0.3 is 5.32 Å². The maximum atomic E-state index is 10.9. The lowest BCUT2D eigenvalue weighted by atomic mass is 10.0. The van der Waals surface area contributed by atoms with Gasteiger partial charge in [0.15, 0.2) is 0 Å². The van der Waals surface area contributed by atoms with Crippen LogP contribution in [0.3, 0.4) is 0 Å². The average molecular weight is 296 g/mol. The third kappa shape index (κ3) is 4.49. The minimum absolute atomic E-state index is 0.219. The molecule has 1 N–H and O–H groups in total. The van der Waals surface area contributed by atoms with Gasteiger partial charge in [-0.3, -0.25) is 10.1 Å². The highest BCUT2D eigenvalue weighted by Gasteiger charge is 2.24. The van der Waals surface area contributed by atoms with Gasteiger partial charge in [-0.1, -0.05) is 32.0 Å². The summed E-state index contributed by atoms with van der Waals surface area (Å²) in [6.07, 6.45) is 5.10. The Hall–Kier alpha value is -1.07. The molecular weight excluding hydrogens is 272 g/mol. The fourth-order valence-electron chi connectivity index (χ4n) is 2.30. The van der Waals surface area contributed by atoms with Gasteiger partial charge in [0.2, 0.25) is 0 Å². The second-order valence-electron chi connectivity index (χ2n) is 4.91. The molecular formula is C15H24N2O2S. The molecule has 0 aliphatic heterocycles. The van der Waals surface area contributed by atoms with Crippen molar-refractivity contribution in [1.82, 2.24) is 5.32 Å². The maximum absolute atomic E-state index is 10.9. The van der Waals surface area contributed by atoms with E-state index in [-0.39, 0.29) is 15.4 Å². The number of para-hydroxylation sites is 1. The molecule has 1 aromatic rings. The van der Waals surface area contributed by atoms with Crippen molar-refractivity contribution in [3.63, 3.8) is 0 Å². The second kappa shape index (κ2) is 8.27. The smallest absolute Gasteiger partial charge is 0.272 e. The predicted octanol–water partition coefficient (Wildman–Crippen LogP) is 3.65. The Balaban J connectivity index is 2.51. The van der Waals surface area contributed by atoms with Crippen LogP contribution >= 0.6 is 11.8 Å². The van der Waals surface area contributed by atoms with E-state index in [1.54, 1.807) is 12.1 Å². The van der Waals surface area contributed by atoms with Gasteiger partial charge >= 0.3 is 0 Å². The molecule has 0 saturated carbocycles. The van der Waals surface area contributed by atoms with E-state index in [1.165, 1.54) is 0 Å². The van der Waals surface area contributed by atoms with Gasteiger partial charge in [0, 0.05) is 22.9 Å². The van der Waals surface area contributed by atoms with Crippen molar-refractivity contribution in [2.45, 2.75) is 37.9 Å². The summed E-state index contributed by atoms with van der Waals surface area (Å²) < 4.78 is 0.280. The number of hydrogen-bond donors (Lipinski definition) is 1. The molecule has 0 atom stereocenters. The van der Waals surface area contributed by atoms with Crippen molar-refractivity contribution in [3.8, 4) is 0 Å². The standard InChI is InChI=1S/C15H24N2O2S/c1-4-15(5-2,20-3)12-16-11-10-13-8-6-7-9-14(13)17(18)19/h6-9,16H,4-5,10-12H2,1-3H3. The molecule has 5 heteroatoms. The van der Waals surface area contributed by atoms with Gasteiger partial charge in [0.1, 0.15) is 0 Å². The molecule has 0 unspecified atom stereocenters. The molecule has 0 amide bonds. The lowest BCUT2D eigenvalue weighted by molar-refractivity contribution is -0.385. The predicted molar refractivity (Wildman–Crippen MR) is 86.5 cm³/mol. The fourth-order valence-corrected chi connectivity index (χ4v) is 3.12. The molecule has 112 valence electrons. The summed E-state index contributed by atoms with van der Waals surface area (Å²) in [4.78, 5) is 10.6. The first-order valence-electron chi connectivity index (χ1n) is 7.06. The first-order chi connectivity index (χ1) is 9.58. The highest BCUT2D eigenvalue weighted by molar-refractivity contribution is 8.00. The molecule has 0 spiro atoms. The van der Waals surface area contributed by atoms with Crippen LogP contribution in [-0.2, 0) is 6.42 Å². The number of nitro groups is 1. The zero-order valence-electron chi connectivity index (χ0n) is 12.5. The maximum Gasteiger partial charge on any atom is 0.272 e. The van der Waals surface area contributed by atoms with Crippen molar-refractivity contribution < 1.29 is 4.92 Å². The van der Waals surface area contributed by atoms with Crippen molar-refractivity contribution in [2.24, 2.45) is 0 Å². The average Bonchev–Trinajstić information content (AvgIpc) is 2.48. The molecule has 0 radical (unpaired) electrons. The van der Waals surface area contributed by atoms with Crippen molar-refractivity contribution >= 4 is 17.4 Å². The van der Waals surface area contributed by atoms with E-state index < -0.39 is 0 Å². The molecule has 0 saturated heterocycles. The Morgan fingerprint density at radius 2 is 1.95 bits per heavy atom. The van der Waals surface area contributed by atoms with E-state index >= 15 is 0 Å². The Labute approximate surface area is 125 Å². The van der Waals surface area contributed by atoms with E-state index in [0.717, 1.165) is 31.5 Å². The van der Waals surface area contributed by atoms with Crippen LogP contribution in [0.15, 0.2) is 24.3 Å². The molecule has 0 bridgehead atoms. The number of hydrogen-bond acceptors (Lipinski definition) is 4. The topological polar surface area (TPSA) is 55.2 Å². The van der Waals surface area contributed by atoms with Crippen LogP contribution < -0.4 is 5.32 Å².